The zero-order valence-corrected chi connectivity index (χ0v) is 19.3. The lowest BCUT2D eigenvalue weighted by Gasteiger charge is -2.17. The van der Waals surface area contributed by atoms with Crippen LogP contribution in [0.25, 0.3) is 0 Å². The number of hydrogen-bond acceptors (Lipinski definition) is 5. The molecule has 3 aromatic rings. The van der Waals surface area contributed by atoms with E-state index >= 15 is 0 Å². The number of anilines is 1. The lowest BCUT2D eigenvalue weighted by molar-refractivity contribution is -0.385. The van der Waals surface area contributed by atoms with E-state index in [1.54, 1.807) is 17.7 Å². The Morgan fingerprint density at radius 3 is 2.42 bits per heavy atom. The van der Waals surface area contributed by atoms with Crippen LogP contribution in [-0.4, -0.2) is 20.6 Å². The second-order valence-corrected chi connectivity index (χ2v) is 8.76. The van der Waals surface area contributed by atoms with Crippen molar-refractivity contribution in [3.05, 3.63) is 74.6 Å². The molecule has 1 atom stereocenters. The van der Waals surface area contributed by atoms with E-state index in [0.717, 1.165) is 10.5 Å². The van der Waals surface area contributed by atoms with Gasteiger partial charge in [-0.2, -0.15) is 5.10 Å². The first-order valence-corrected chi connectivity index (χ1v) is 10.9. The van der Waals surface area contributed by atoms with Crippen LogP contribution in [0.2, 0.25) is 5.02 Å². The molecule has 1 N–H and O–H groups in total. The Morgan fingerprint density at radius 1 is 1.19 bits per heavy atom. The Bertz CT molecular complexity index is 1130. The minimum Gasteiger partial charge on any atom is -0.324 e. The number of amides is 1. The Morgan fingerprint density at radius 2 is 1.87 bits per heavy atom. The van der Waals surface area contributed by atoms with Crippen LogP contribution < -0.4 is 5.32 Å². The van der Waals surface area contributed by atoms with Gasteiger partial charge in [0, 0.05) is 27.6 Å². The molecule has 0 aliphatic rings. The summed E-state index contributed by atoms with van der Waals surface area (Å²) < 4.78 is 1.60. The van der Waals surface area contributed by atoms with Gasteiger partial charge in [-0.3, -0.25) is 19.6 Å². The smallest absolute Gasteiger partial charge is 0.272 e. The number of carbonyl (C=O) groups excluding carboxylic acids is 1. The third-order valence-electron chi connectivity index (χ3n) is 4.85. The van der Waals surface area contributed by atoms with Gasteiger partial charge in [-0.1, -0.05) is 48.0 Å². The number of nitrogens with zero attached hydrogens (tertiary/aromatic N) is 3. The zero-order chi connectivity index (χ0) is 22.7. The second kappa shape index (κ2) is 9.53. The van der Waals surface area contributed by atoms with Crippen LogP contribution in [0, 0.1) is 30.9 Å². The Balaban J connectivity index is 1.89. The summed E-state index contributed by atoms with van der Waals surface area (Å²) in [5.74, 6) is -0.309. The van der Waals surface area contributed by atoms with E-state index < -0.39 is 11.0 Å². The lowest BCUT2D eigenvalue weighted by Crippen LogP contribution is -2.27. The topological polar surface area (TPSA) is 90.1 Å². The zero-order valence-electron chi connectivity index (χ0n) is 17.7. The molecule has 31 heavy (non-hydrogen) atoms. The standard InChI is InChI=1S/C22H23ClN4O3S/c1-5-20(26-15(4)21(23)14(3)25-26)22(28)24-16-10-17(27(29)30)12-19(11-16)31-18-8-6-13(2)7-9-18/h6-12,20H,5H2,1-4H3,(H,24,28). The van der Waals surface area contributed by atoms with Crippen molar-refractivity contribution in [2.45, 2.75) is 49.9 Å². The van der Waals surface area contributed by atoms with Crippen LogP contribution in [0.4, 0.5) is 11.4 Å². The number of rotatable bonds is 7. The summed E-state index contributed by atoms with van der Waals surface area (Å²) in [5, 5.41) is 19.2. The summed E-state index contributed by atoms with van der Waals surface area (Å²) in [7, 11) is 0. The number of nitrogens with one attached hydrogen (secondary N) is 1. The monoisotopic (exact) mass is 458 g/mol. The van der Waals surface area contributed by atoms with Crippen molar-refractivity contribution >= 4 is 40.6 Å². The third-order valence-corrected chi connectivity index (χ3v) is 6.37. The number of aryl methyl sites for hydroxylation is 2. The Kier molecular flexibility index (Phi) is 7.02. The van der Waals surface area contributed by atoms with Crippen molar-refractivity contribution in [1.29, 1.82) is 0 Å². The molecule has 0 fully saturated rings. The molecule has 0 aliphatic carbocycles. The van der Waals surface area contributed by atoms with Crippen LogP contribution >= 0.6 is 23.4 Å². The first-order chi connectivity index (χ1) is 14.7. The molecule has 0 bridgehead atoms. The average molecular weight is 459 g/mol. The minimum atomic E-state index is -0.585. The Labute approximate surface area is 189 Å². The number of nitro groups is 1. The SMILES string of the molecule is CCC(C(=O)Nc1cc(Sc2ccc(C)cc2)cc([N+](=O)[O-])c1)n1nc(C)c(Cl)c1C. The normalized spacial score (nSPS) is 11.9. The van der Waals surface area contributed by atoms with Gasteiger partial charge in [-0.25, -0.2) is 0 Å². The van der Waals surface area contributed by atoms with Crippen LogP contribution in [0.15, 0.2) is 52.3 Å². The average Bonchev–Trinajstić information content (AvgIpc) is 2.97. The molecular weight excluding hydrogens is 436 g/mol. The van der Waals surface area contributed by atoms with Crippen molar-refractivity contribution in [3.63, 3.8) is 0 Å². The summed E-state index contributed by atoms with van der Waals surface area (Å²) in [6.45, 7) is 7.46. The highest BCUT2D eigenvalue weighted by Crippen LogP contribution is 2.33. The van der Waals surface area contributed by atoms with Gasteiger partial charge in [-0.05, 0) is 45.4 Å². The second-order valence-electron chi connectivity index (χ2n) is 7.23. The van der Waals surface area contributed by atoms with E-state index in [-0.39, 0.29) is 11.6 Å². The van der Waals surface area contributed by atoms with Gasteiger partial charge >= 0.3 is 0 Å². The number of aromatic nitrogens is 2. The largest absolute Gasteiger partial charge is 0.324 e. The first-order valence-electron chi connectivity index (χ1n) is 9.75. The molecule has 2 aromatic carbocycles. The van der Waals surface area contributed by atoms with E-state index in [1.165, 1.54) is 23.9 Å². The third kappa shape index (κ3) is 5.26. The summed E-state index contributed by atoms with van der Waals surface area (Å²) in [4.78, 5) is 25.6. The van der Waals surface area contributed by atoms with Gasteiger partial charge in [0.15, 0.2) is 0 Å². The fourth-order valence-corrected chi connectivity index (χ4v) is 4.24. The van der Waals surface area contributed by atoms with Crippen molar-refractivity contribution < 1.29 is 9.72 Å². The number of non-ortho nitro benzene ring substituents is 1. The maximum Gasteiger partial charge on any atom is 0.272 e. The van der Waals surface area contributed by atoms with Crippen LogP contribution in [0.5, 0.6) is 0 Å². The van der Waals surface area contributed by atoms with Crippen molar-refractivity contribution in [1.82, 2.24) is 9.78 Å². The molecule has 1 heterocycles. The minimum absolute atomic E-state index is 0.0883. The fourth-order valence-electron chi connectivity index (χ4n) is 3.20. The van der Waals surface area contributed by atoms with Gasteiger partial charge in [-0.15, -0.1) is 0 Å². The molecule has 0 aliphatic heterocycles. The molecule has 1 aromatic heterocycles. The van der Waals surface area contributed by atoms with E-state index in [0.29, 0.717) is 33.4 Å². The highest BCUT2D eigenvalue weighted by Gasteiger charge is 2.24. The quantitative estimate of drug-likeness (QED) is 0.340. The molecule has 0 saturated carbocycles. The predicted molar refractivity (Wildman–Crippen MR) is 123 cm³/mol. The van der Waals surface area contributed by atoms with Gasteiger partial charge in [0.25, 0.3) is 5.69 Å². The van der Waals surface area contributed by atoms with Crippen LogP contribution in [0.1, 0.15) is 36.3 Å². The number of benzene rings is 2. The molecule has 0 radical (unpaired) electrons. The van der Waals surface area contributed by atoms with Crippen molar-refractivity contribution in [2.75, 3.05) is 5.32 Å². The summed E-state index contributed by atoms with van der Waals surface area (Å²) in [6.07, 6.45) is 0.490. The van der Waals surface area contributed by atoms with Gasteiger partial charge in [0.05, 0.1) is 21.3 Å². The molecule has 9 heteroatoms. The maximum absolute atomic E-state index is 13.0. The summed E-state index contributed by atoms with van der Waals surface area (Å²) in [5.41, 5.74) is 2.76. The molecule has 1 unspecified atom stereocenters. The number of nitro benzene ring substituents is 1. The molecule has 3 rings (SSSR count). The molecule has 7 nitrogen and oxygen atoms in total. The summed E-state index contributed by atoms with van der Waals surface area (Å²) >= 11 is 7.63. The van der Waals surface area contributed by atoms with Crippen LogP contribution in [0.3, 0.4) is 0 Å². The predicted octanol–water partition coefficient (Wildman–Crippen LogP) is 6.11. The van der Waals surface area contributed by atoms with Gasteiger partial charge < -0.3 is 5.32 Å². The van der Waals surface area contributed by atoms with Gasteiger partial charge in [0.2, 0.25) is 5.91 Å². The summed E-state index contributed by atoms with van der Waals surface area (Å²) in [6, 6.07) is 11.9. The Hall–Kier alpha value is -2.84. The fraction of sp³-hybridized carbons (Fsp3) is 0.273. The highest BCUT2D eigenvalue weighted by atomic mass is 35.5. The number of halogens is 1. The van der Waals surface area contributed by atoms with E-state index in [1.807, 2.05) is 45.0 Å². The van der Waals surface area contributed by atoms with Crippen molar-refractivity contribution in [3.8, 4) is 0 Å². The maximum atomic E-state index is 13.0. The van der Waals surface area contributed by atoms with E-state index in [4.69, 9.17) is 11.6 Å². The van der Waals surface area contributed by atoms with Crippen LogP contribution in [-0.2, 0) is 4.79 Å². The molecule has 0 saturated heterocycles. The highest BCUT2D eigenvalue weighted by molar-refractivity contribution is 7.99. The van der Waals surface area contributed by atoms with E-state index in [2.05, 4.69) is 10.4 Å². The van der Waals surface area contributed by atoms with E-state index in [9.17, 15) is 14.9 Å². The molecule has 0 spiro atoms. The van der Waals surface area contributed by atoms with Crippen molar-refractivity contribution in [2.24, 2.45) is 0 Å². The molecule has 162 valence electrons. The molecule has 1 amide bonds. The number of hydrogen-bond donors (Lipinski definition) is 1. The first kappa shape index (κ1) is 22.8. The lowest BCUT2D eigenvalue weighted by atomic mass is 10.2. The number of carbonyl (C=O) groups is 1. The van der Waals surface area contributed by atoms with Gasteiger partial charge in [0.1, 0.15) is 6.04 Å². The molecular formula is C22H23ClN4O3S.